The van der Waals surface area contributed by atoms with Crippen molar-refractivity contribution in [3.8, 4) is 5.75 Å². The van der Waals surface area contributed by atoms with Crippen molar-refractivity contribution < 1.29 is 4.74 Å². The van der Waals surface area contributed by atoms with E-state index in [9.17, 15) is 0 Å². The molecule has 1 aliphatic carbocycles. The minimum absolute atomic E-state index is 0.545. The van der Waals surface area contributed by atoms with Crippen LogP contribution in [0.3, 0.4) is 0 Å². The Morgan fingerprint density at radius 3 is 2.96 bits per heavy atom. The molecule has 0 spiro atoms. The molecule has 3 aromatic rings. The number of aromatic nitrogens is 1. The molecule has 2 aromatic carbocycles. The first kappa shape index (κ1) is 14.1. The summed E-state index contributed by atoms with van der Waals surface area (Å²) in [5.41, 5.74) is 5.65. The maximum absolute atomic E-state index is 6.05. The molecule has 3 nitrogen and oxygen atoms in total. The van der Waals surface area contributed by atoms with E-state index in [0.717, 1.165) is 18.8 Å². The van der Waals surface area contributed by atoms with Crippen LogP contribution in [0.4, 0.5) is 0 Å². The second-order valence-corrected chi connectivity index (χ2v) is 6.87. The van der Waals surface area contributed by atoms with Crippen LogP contribution in [-0.2, 0) is 19.6 Å². The van der Waals surface area contributed by atoms with Crippen LogP contribution < -0.4 is 10.1 Å². The van der Waals surface area contributed by atoms with Gasteiger partial charge in [0, 0.05) is 35.7 Å². The molecule has 0 saturated carbocycles. The van der Waals surface area contributed by atoms with E-state index in [1.807, 2.05) is 6.07 Å². The van der Waals surface area contributed by atoms with E-state index >= 15 is 0 Å². The Bertz CT molecular complexity index is 880. The van der Waals surface area contributed by atoms with Crippen molar-refractivity contribution in [1.82, 2.24) is 9.88 Å². The summed E-state index contributed by atoms with van der Waals surface area (Å²) in [6.45, 7) is 2.78. The number of nitrogens with zero attached hydrogens (tertiary/aromatic N) is 1. The summed E-state index contributed by atoms with van der Waals surface area (Å²) in [6.07, 6.45) is 3.73. The summed E-state index contributed by atoms with van der Waals surface area (Å²) in [5.74, 6) is 0.973. The molecule has 1 aromatic heterocycles. The fourth-order valence-electron chi connectivity index (χ4n) is 4.32. The molecule has 24 heavy (non-hydrogen) atoms. The molecule has 1 unspecified atom stereocenters. The molecule has 2 aliphatic rings. The standard InChI is InChI=1S/C21H22N2O/c1-2-5-15(6-3-1)14-24-16-9-10-20-18(13-16)17-7-4-8-19-21(17)23(20)12-11-22-19/h1-3,5-6,9-10,13,19,22H,4,7-8,11-12,14H2. The fourth-order valence-corrected chi connectivity index (χ4v) is 4.32. The predicted molar refractivity (Wildman–Crippen MR) is 96.4 cm³/mol. The number of benzene rings is 2. The minimum atomic E-state index is 0.545. The van der Waals surface area contributed by atoms with E-state index in [-0.39, 0.29) is 0 Å². The van der Waals surface area contributed by atoms with Crippen LogP contribution in [0.2, 0.25) is 0 Å². The Kier molecular flexibility index (Phi) is 3.34. The maximum Gasteiger partial charge on any atom is 0.120 e. The third kappa shape index (κ3) is 2.23. The number of rotatable bonds is 3. The SMILES string of the molecule is c1ccc(COc2ccc3c(c2)c2c4n3CCNC4CCC2)cc1. The first-order chi connectivity index (χ1) is 11.9. The summed E-state index contributed by atoms with van der Waals surface area (Å²) in [5, 5.41) is 5.08. The van der Waals surface area contributed by atoms with Gasteiger partial charge in [0.2, 0.25) is 0 Å². The van der Waals surface area contributed by atoms with Gasteiger partial charge in [-0.1, -0.05) is 30.3 Å². The Balaban J connectivity index is 1.52. The highest BCUT2D eigenvalue weighted by atomic mass is 16.5. The van der Waals surface area contributed by atoms with E-state index in [2.05, 4.69) is 52.3 Å². The molecular weight excluding hydrogens is 296 g/mol. The van der Waals surface area contributed by atoms with E-state index < -0.39 is 0 Å². The molecule has 0 amide bonds. The Morgan fingerprint density at radius 1 is 1.12 bits per heavy atom. The van der Waals surface area contributed by atoms with Crippen LogP contribution in [0.5, 0.6) is 5.75 Å². The van der Waals surface area contributed by atoms with Crippen LogP contribution in [0.15, 0.2) is 48.5 Å². The Morgan fingerprint density at radius 2 is 2.04 bits per heavy atom. The minimum Gasteiger partial charge on any atom is -0.489 e. The highest BCUT2D eigenvalue weighted by molar-refractivity contribution is 5.87. The second-order valence-electron chi connectivity index (χ2n) is 6.87. The van der Waals surface area contributed by atoms with E-state index in [4.69, 9.17) is 4.74 Å². The average molecular weight is 318 g/mol. The van der Waals surface area contributed by atoms with Gasteiger partial charge in [-0.25, -0.2) is 0 Å². The van der Waals surface area contributed by atoms with Crippen LogP contribution in [-0.4, -0.2) is 11.1 Å². The van der Waals surface area contributed by atoms with Crippen LogP contribution in [0.1, 0.15) is 35.7 Å². The molecule has 0 bridgehead atoms. The highest BCUT2D eigenvalue weighted by Crippen LogP contribution is 2.40. The van der Waals surface area contributed by atoms with E-state index in [1.54, 1.807) is 5.56 Å². The highest BCUT2D eigenvalue weighted by Gasteiger charge is 2.29. The van der Waals surface area contributed by atoms with Crippen LogP contribution >= 0.6 is 0 Å². The van der Waals surface area contributed by atoms with Gasteiger partial charge in [0.1, 0.15) is 12.4 Å². The lowest BCUT2D eigenvalue weighted by molar-refractivity contribution is 0.306. The molecule has 5 rings (SSSR count). The largest absolute Gasteiger partial charge is 0.489 e. The van der Waals surface area contributed by atoms with Crippen molar-refractivity contribution in [2.75, 3.05) is 6.54 Å². The summed E-state index contributed by atoms with van der Waals surface area (Å²) >= 11 is 0. The lowest BCUT2D eigenvalue weighted by Gasteiger charge is -2.31. The fraction of sp³-hybridized carbons (Fsp3) is 0.333. The van der Waals surface area contributed by atoms with E-state index in [1.165, 1.54) is 41.4 Å². The molecular formula is C21H22N2O. The number of ether oxygens (including phenoxy) is 1. The topological polar surface area (TPSA) is 26.2 Å². The van der Waals surface area contributed by atoms with Gasteiger partial charge < -0.3 is 14.6 Å². The van der Waals surface area contributed by atoms with Gasteiger partial charge in [-0.3, -0.25) is 0 Å². The summed E-state index contributed by atoms with van der Waals surface area (Å²) in [7, 11) is 0. The van der Waals surface area contributed by atoms with Gasteiger partial charge in [0.05, 0.1) is 0 Å². The third-order valence-corrected chi connectivity index (χ3v) is 5.41. The molecule has 1 N–H and O–H groups in total. The van der Waals surface area contributed by atoms with Gasteiger partial charge in [-0.15, -0.1) is 0 Å². The lowest BCUT2D eigenvalue weighted by atomic mass is 9.91. The van der Waals surface area contributed by atoms with Crippen molar-refractivity contribution in [3.63, 3.8) is 0 Å². The van der Waals surface area contributed by atoms with Gasteiger partial charge in [-0.2, -0.15) is 0 Å². The number of hydrogen-bond donors (Lipinski definition) is 1. The lowest BCUT2D eigenvalue weighted by Crippen LogP contribution is -2.35. The molecule has 0 radical (unpaired) electrons. The number of hydrogen-bond acceptors (Lipinski definition) is 2. The van der Waals surface area contributed by atoms with Gasteiger partial charge in [0.25, 0.3) is 0 Å². The van der Waals surface area contributed by atoms with E-state index in [0.29, 0.717) is 12.6 Å². The number of fused-ring (bicyclic) bond motifs is 3. The molecule has 2 heterocycles. The Hall–Kier alpha value is -2.26. The zero-order valence-corrected chi connectivity index (χ0v) is 13.8. The van der Waals surface area contributed by atoms with Gasteiger partial charge >= 0.3 is 0 Å². The normalized spacial score (nSPS) is 19.2. The third-order valence-electron chi connectivity index (χ3n) is 5.41. The predicted octanol–water partition coefficient (Wildman–Crippen LogP) is 4.20. The maximum atomic E-state index is 6.05. The smallest absolute Gasteiger partial charge is 0.120 e. The quantitative estimate of drug-likeness (QED) is 0.783. The molecule has 1 aliphatic heterocycles. The van der Waals surface area contributed by atoms with Crippen molar-refractivity contribution in [2.45, 2.75) is 38.5 Å². The molecule has 1 atom stereocenters. The summed E-state index contributed by atoms with van der Waals surface area (Å²) in [6, 6.07) is 17.5. The molecule has 122 valence electrons. The first-order valence-corrected chi connectivity index (χ1v) is 8.95. The number of nitrogens with one attached hydrogen (secondary N) is 1. The molecule has 0 saturated heterocycles. The summed E-state index contributed by atoms with van der Waals surface area (Å²) in [4.78, 5) is 0. The van der Waals surface area contributed by atoms with Gasteiger partial charge in [-0.05, 0) is 48.6 Å². The Labute approximate surface area is 142 Å². The summed E-state index contributed by atoms with van der Waals surface area (Å²) < 4.78 is 8.59. The van der Waals surface area contributed by atoms with Crippen LogP contribution in [0, 0.1) is 0 Å². The van der Waals surface area contributed by atoms with Crippen molar-refractivity contribution >= 4 is 10.9 Å². The molecule has 0 fully saturated rings. The van der Waals surface area contributed by atoms with Gasteiger partial charge in [0.15, 0.2) is 0 Å². The van der Waals surface area contributed by atoms with Crippen molar-refractivity contribution in [3.05, 3.63) is 65.4 Å². The van der Waals surface area contributed by atoms with Crippen molar-refractivity contribution in [1.29, 1.82) is 0 Å². The van der Waals surface area contributed by atoms with Crippen molar-refractivity contribution in [2.24, 2.45) is 0 Å². The number of aryl methyl sites for hydroxylation is 1. The zero-order chi connectivity index (χ0) is 15.9. The van der Waals surface area contributed by atoms with Crippen LogP contribution in [0.25, 0.3) is 10.9 Å². The monoisotopic (exact) mass is 318 g/mol. The molecule has 3 heteroatoms. The first-order valence-electron chi connectivity index (χ1n) is 8.95. The average Bonchev–Trinajstić information content (AvgIpc) is 2.97. The second kappa shape index (κ2) is 5.67. The zero-order valence-electron chi connectivity index (χ0n) is 13.8.